The highest BCUT2D eigenvalue weighted by atomic mass is 35.5. The van der Waals surface area contributed by atoms with Crippen molar-refractivity contribution in [3.05, 3.63) is 83.4 Å². The van der Waals surface area contributed by atoms with Gasteiger partial charge in [0.1, 0.15) is 11.5 Å². The predicted molar refractivity (Wildman–Crippen MR) is 142 cm³/mol. The van der Waals surface area contributed by atoms with E-state index in [9.17, 15) is 4.79 Å². The lowest BCUT2D eigenvalue weighted by Crippen LogP contribution is -2.20. The van der Waals surface area contributed by atoms with Crippen molar-refractivity contribution in [2.24, 2.45) is 5.10 Å². The number of methoxy groups -OCH3 is 1. The zero-order valence-corrected chi connectivity index (χ0v) is 21.3. The molecule has 3 aromatic carbocycles. The van der Waals surface area contributed by atoms with Gasteiger partial charge in [-0.1, -0.05) is 23.4 Å². The standard InChI is InChI=1S/C26H24ClN5O3S/c1-3-35-23-12-4-18(5-13-23)16-28-29-24(33)17-36-26-31-30-25(19-6-14-22(34-2)15-7-19)32(26)21-10-8-20(27)9-11-21/h4-16H,3,17H2,1-2H3,(H,29,33). The summed E-state index contributed by atoms with van der Waals surface area (Å²) in [5.41, 5.74) is 5.08. The lowest BCUT2D eigenvalue weighted by atomic mass is 10.2. The van der Waals surface area contributed by atoms with E-state index in [2.05, 4.69) is 20.7 Å². The molecular weight excluding hydrogens is 498 g/mol. The van der Waals surface area contributed by atoms with E-state index >= 15 is 0 Å². The molecule has 4 aromatic rings. The van der Waals surface area contributed by atoms with E-state index in [1.54, 1.807) is 25.5 Å². The maximum atomic E-state index is 12.4. The summed E-state index contributed by atoms with van der Waals surface area (Å²) in [6.07, 6.45) is 1.58. The van der Waals surface area contributed by atoms with Crippen LogP contribution in [0.2, 0.25) is 5.02 Å². The van der Waals surface area contributed by atoms with Crippen molar-refractivity contribution >= 4 is 35.5 Å². The fraction of sp³-hybridized carbons (Fsp3) is 0.154. The second kappa shape index (κ2) is 12.2. The van der Waals surface area contributed by atoms with Gasteiger partial charge in [0.15, 0.2) is 11.0 Å². The number of hydrazone groups is 1. The summed E-state index contributed by atoms with van der Waals surface area (Å²) < 4.78 is 12.6. The minimum Gasteiger partial charge on any atom is -0.497 e. The van der Waals surface area contributed by atoms with Crippen LogP contribution in [-0.2, 0) is 4.79 Å². The molecule has 0 atom stereocenters. The van der Waals surface area contributed by atoms with Crippen LogP contribution >= 0.6 is 23.4 Å². The highest BCUT2D eigenvalue weighted by Gasteiger charge is 2.17. The van der Waals surface area contributed by atoms with Gasteiger partial charge in [0.05, 0.1) is 25.7 Å². The second-order valence-electron chi connectivity index (χ2n) is 7.43. The Hall–Kier alpha value is -3.82. The molecule has 0 aliphatic rings. The third-order valence-corrected chi connectivity index (χ3v) is 6.17. The first kappa shape index (κ1) is 25.3. The maximum Gasteiger partial charge on any atom is 0.250 e. The molecule has 0 saturated carbocycles. The molecule has 0 unspecified atom stereocenters. The number of hydrogen-bond acceptors (Lipinski definition) is 7. The van der Waals surface area contributed by atoms with Crippen molar-refractivity contribution in [2.45, 2.75) is 12.1 Å². The van der Waals surface area contributed by atoms with E-state index in [0.29, 0.717) is 22.6 Å². The topological polar surface area (TPSA) is 90.6 Å². The number of thioether (sulfide) groups is 1. The number of carbonyl (C=O) groups is 1. The van der Waals surface area contributed by atoms with Gasteiger partial charge in [-0.15, -0.1) is 10.2 Å². The summed E-state index contributed by atoms with van der Waals surface area (Å²) in [5.74, 6) is 2.01. The van der Waals surface area contributed by atoms with Gasteiger partial charge in [-0.2, -0.15) is 5.10 Å². The number of amides is 1. The highest BCUT2D eigenvalue weighted by Crippen LogP contribution is 2.29. The number of benzene rings is 3. The van der Waals surface area contributed by atoms with Crippen LogP contribution in [-0.4, -0.2) is 46.4 Å². The average molecular weight is 522 g/mol. The number of aromatic nitrogens is 3. The van der Waals surface area contributed by atoms with Gasteiger partial charge >= 0.3 is 0 Å². The molecule has 1 N–H and O–H groups in total. The van der Waals surface area contributed by atoms with Crippen molar-refractivity contribution < 1.29 is 14.3 Å². The number of rotatable bonds is 10. The highest BCUT2D eigenvalue weighted by molar-refractivity contribution is 7.99. The average Bonchev–Trinajstić information content (AvgIpc) is 3.33. The van der Waals surface area contributed by atoms with Crippen LogP contribution in [0.3, 0.4) is 0 Å². The molecule has 0 bridgehead atoms. The monoisotopic (exact) mass is 521 g/mol. The smallest absolute Gasteiger partial charge is 0.250 e. The molecule has 0 spiro atoms. The van der Waals surface area contributed by atoms with Gasteiger partial charge < -0.3 is 9.47 Å². The molecule has 4 rings (SSSR count). The number of nitrogens with zero attached hydrogens (tertiary/aromatic N) is 4. The van der Waals surface area contributed by atoms with Crippen LogP contribution in [0.25, 0.3) is 17.1 Å². The lowest BCUT2D eigenvalue weighted by Gasteiger charge is -2.11. The maximum absolute atomic E-state index is 12.4. The Morgan fingerprint density at radius 3 is 2.39 bits per heavy atom. The Bertz CT molecular complexity index is 1320. The summed E-state index contributed by atoms with van der Waals surface area (Å²) in [6.45, 7) is 2.54. The number of hydrogen-bond donors (Lipinski definition) is 1. The van der Waals surface area contributed by atoms with E-state index in [-0.39, 0.29) is 11.7 Å². The largest absolute Gasteiger partial charge is 0.497 e. The van der Waals surface area contributed by atoms with Crippen LogP contribution in [0.15, 0.2) is 83.1 Å². The Morgan fingerprint density at radius 2 is 1.72 bits per heavy atom. The number of nitrogens with one attached hydrogen (secondary N) is 1. The van der Waals surface area contributed by atoms with Gasteiger partial charge in [0, 0.05) is 16.3 Å². The summed E-state index contributed by atoms with van der Waals surface area (Å²) in [4.78, 5) is 12.4. The van der Waals surface area contributed by atoms with E-state index in [4.69, 9.17) is 21.1 Å². The van der Waals surface area contributed by atoms with Crippen molar-refractivity contribution in [1.29, 1.82) is 0 Å². The number of halogens is 1. The molecule has 36 heavy (non-hydrogen) atoms. The van der Waals surface area contributed by atoms with Gasteiger partial charge in [-0.25, -0.2) is 5.43 Å². The Morgan fingerprint density at radius 1 is 1.03 bits per heavy atom. The zero-order chi connectivity index (χ0) is 25.3. The fourth-order valence-corrected chi connectivity index (χ4v) is 4.14. The predicted octanol–water partition coefficient (Wildman–Crippen LogP) is 5.24. The number of ether oxygens (including phenoxy) is 2. The zero-order valence-electron chi connectivity index (χ0n) is 19.7. The minimum atomic E-state index is -0.265. The van der Waals surface area contributed by atoms with Gasteiger partial charge in [-0.05, 0) is 85.3 Å². The number of carbonyl (C=O) groups excluding carboxylic acids is 1. The molecule has 8 nitrogen and oxygen atoms in total. The fourth-order valence-electron chi connectivity index (χ4n) is 3.27. The summed E-state index contributed by atoms with van der Waals surface area (Å²) in [6, 6.07) is 22.3. The molecule has 10 heteroatoms. The van der Waals surface area contributed by atoms with Crippen molar-refractivity contribution in [1.82, 2.24) is 20.2 Å². The van der Waals surface area contributed by atoms with Gasteiger partial charge in [0.25, 0.3) is 5.91 Å². The van der Waals surface area contributed by atoms with Crippen LogP contribution in [0, 0.1) is 0 Å². The molecule has 0 aliphatic carbocycles. The van der Waals surface area contributed by atoms with Crippen molar-refractivity contribution in [3.63, 3.8) is 0 Å². The molecule has 184 valence electrons. The quantitative estimate of drug-likeness (QED) is 0.174. The van der Waals surface area contributed by atoms with E-state index < -0.39 is 0 Å². The van der Waals surface area contributed by atoms with Crippen LogP contribution < -0.4 is 14.9 Å². The summed E-state index contributed by atoms with van der Waals surface area (Å²) in [7, 11) is 1.62. The molecule has 0 fully saturated rings. The van der Waals surface area contributed by atoms with Crippen LogP contribution in [0.1, 0.15) is 12.5 Å². The van der Waals surface area contributed by atoms with Crippen LogP contribution in [0.4, 0.5) is 0 Å². The summed E-state index contributed by atoms with van der Waals surface area (Å²) >= 11 is 7.35. The van der Waals surface area contributed by atoms with Crippen molar-refractivity contribution in [3.8, 4) is 28.6 Å². The second-order valence-corrected chi connectivity index (χ2v) is 8.81. The molecule has 1 amide bonds. The SMILES string of the molecule is CCOc1ccc(C=NNC(=O)CSc2nnc(-c3ccc(OC)cc3)n2-c2ccc(Cl)cc2)cc1. The van der Waals surface area contributed by atoms with Gasteiger partial charge in [-0.3, -0.25) is 9.36 Å². The molecule has 1 heterocycles. The molecule has 0 saturated heterocycles. The van der Waals surface area contributed by atoms with Crippen LogP contribution in [0.5, 0.6) is 11.5 Å². The molecule has 1 aromatic heterocycles. The Balaban J connectivity index is 1.46. The summed E-state index contributed by atoms with van der Waals surface area (Å²) in [5, 5.41) is 14.0. The van der Waals surface area contributed by atoms with Crippen molar-refractivity contribution in [2.75, 3.05) is 19.5 Å². The van der Waals surface area contributed by atoms with E-state index in [1.807, 2.05) is 72.2 Å². The van der Waals surface area contributed by atoms with Gasteiger partial charge in [0.2, 0.25) is 0 Å². The van der Waals surface area contributed by atoms with E-state index in [0.717, 1.165) is 28.3 Å². The normalized spacial score (nSPS) is 11.0. The van der Waals surface area contributed by atoms with E-state index in [1.165, 1.54) is 11.8 Å². The lowest BCUT2D eigenvalue weighted by molar-refractivity contribution is -0.118. The first-order valence-corrected chi connectivity index (χ1v) is 12.5. The third-order valence-electron chi connectivity index (χ3n) is 4.99. The molecular formula is C26H24ClN5O3S. The molecule has 0 radical (unpaired) electrons. The first-order valence-electron chi connectivity index (χ1n) is 11.1. The Kier molecular flexibility index (Phi) is 8.59. The molecule has 0 aliphatic heterocycles. The Labute approximate surface area is 218 Å². The third kappa shape index (κ3) is 6.44. The first-order chi connectivity index (χ1) is 17.6. The minimum absolute atomic E-state index is 0.106.